The second-order valence-corrected chi connectivity index (χ2v) is 5.54. The highest BCUT2D eigenvalue weighted by molar-refractivity contribution is 7.99. The summed E-state index contributed by atoms with van der Waals surface area (Å²) in [5, 5.41) is 10.8. The summed E-state index contributed by atoms with van der Waals surface area (Å²) >= 11 is 7.46. The zero-order chi connectivity index (χ0) is 13.2. The largest absolute Gasteiger partial charge is 0.392 e. The molecule has 0 saturated carbocycles. The number of hydrogen-bond donors (Lipinski definition) is 2. The molecule has 3 rings (SSSR count). The van der Waals surface area contributed by atoms with Gasteiger partial charge in [-0.05, 0) is 29.8 Å². The van der Waals surface area contributed by atoms with Crippen molar-refractivity contribution in [1.82, 2.24) is 9.97 Å². The van der Waals surface area contributed by atoms with Crippen LogP contribution in [-0.4, -0.2) is 15.1 Å². The minimum Gasteiger partial charge on any atom is -0.392 e. The minimum absolute atomic E-state index is 0.0142. The number of aliphatic hydroxyl groups excluding tert-OH is 1. The molecule has 2 N–H and O–H groups in total. The van der Waals surface area contributed by atoms with Crippen LogP contribution in [0.25, 0.3) is 11.0 Å². The lowest BCUT2D eigenvalue weighted by molar-refractivity contribution is 0.279. The molecule has 0 bridgehead atoms. The van der Waals surface area contributed by atoms with E-state index < -0.39 is 0 Å². The van der Waals surface area contributed by atoms with Gasteiger partial charge in [0, 0.05) is 9.92 Å². The first-order valence-electron chi connectivity index (χ1n) is 5.78. The van der Waals surface area contributed by atoms with Crippen molar-refractivity contribution in [2.45, 2.75) is 16.7 Å². The van der Waals surface area contributed by atoms with Crippen LogP contribution in [0.2, 0.25) is 5.02 Å². The molecule has 96 valence electrons. The number of aromatic nitrogens is 2. The first-order valence-corrected chi connectivity index (χ1v) is 6.97. The van der Waals surface area contributed by atoms with E-state index in [1.54, 1.807) is 6.07 Å². The van der Waals surface area contributed by atoms with Crippen molar-refractivity contribution in [3.05, 3.63) is 53.1 Å². The highest BCUT2D eigenvalue weighted by Crippen LogP contribution is 2.32. The topological polar surface area (TPSA) is 48.9 Å². The lowest BCUT2D eigenvalue weighted by Gasteiger charge is -2.05. The number of benzene rings is 2. The molecule has 3 nitrogen and oxygen atoms in total. The van der Waals surface area contributed by atoms with Crippen LogP contribution in [0.4, 0.5) is 0 Å². The van der Waals surface area contributed by atoms with E-state index in [-0.39, 0.29) is 6.61 Å². The van der Waals surface area contributed by atoms with E-state index in [2.05, 4.69) is 9.97 Å². The van der Waals surface area contributed by atoms with Crippen LogP contribution in [0.5, 0.6) is 0 Å². The maximum absolute atomic E-state index is 9.34. The van der Waals surface area contributed by atoms with Gasteiger partial charge in [0.1, 0.15) is 0 Å². The highest BCUT2D eigenvalue weighted by atomic mass is 35.5. The van der Waals surface area contributed by atoms with E-state index in [1.807, 2.05) is 36.4 Å². The number of aromatic amines is 1. The van der Waals surface area contributed by atoms with Gasteiger partial charge in [-0.15, -0.1) is 0 Å². The van der Waals surface area contributed by atoms with Crippen LogP contribution in [0.15, 0.2) is 52.5 Å². The third-order valence-electron chi connectivity index (χ3n) is 2.77. The molecule has 0 aliphatic carbocycles. The third-order valence-corrected chi connectivity index (χ3v) is 4.00. The van der Waals surface area contributed by atoms with Crippen LogP contribution < -0.4 is 0 Å². The fourth-order valence-corrected chi connectivity index (χ4v) is 3.04. The fourth-order valence-electron chi connectivity index (χ4n) is 1.84. The number of H-pyrrole nitrogens is 1. The monoisotopic (exact) mass is 290 g/mol. The van der Waals surface area contributed by atoms with Crippen molar-refractivity contribution >= 4 is 34.4 Å². The standard InChI is InChI=1S/C14H11ClN2OS/c15-10-6-5-9(8-18)13(7-10)19-14-16-11-3-1-2-4-12(11)17-14/h1-7,18H,8H2,(H,16,17). The zero-order valence-corrected chi connectivity index (χ0v) is 11.5. The molecule has 2 aromatic carbocycles. The van der Waals surface area contributed by atoms with Crippen LogP contribution >= 0.6 is 23.4 Å². The Labute approximate surface area is 119 Å². The Morgan fingerprint density at radius 2 is 2.05 bits per heavy atom. The molecule has 0 atom stereocenters. The van der Waals surface area contributed by atoms with Gasteiger partial charge in [-0.1, -0.05) is 41.6 Å². The van der Waals surface area contributed by atoms with Gasteiger partial charge in [-0.25, -0.2) is 4.98 Å². The number of nitrogens with zero attached hydrogens (tertiary/aromatic N) is 1. The summed E-state index contributed by atoms with van der Waals surface area (Å²) in [5.41, 5.74) is 2.77. The van der Waals surface area contributed by atoms with Crippen LogP contribution in [-0.2, 0) is 6.61 Å². The number of aliphatic hydroxyl groups is 1. The Morgan fingerprint density at radius 1 is 1.21 bits per heavy atom. The second-order valence-electron chi connectivity index (χ2n) is 4.07. The van der Waals surface area contributed by atoms with Gasteiger partial charge in [0.05, 0.1) is 17.6 Å². The van der Waals surface area contributed by atoms with Crippen molar-refractivity contribution in [2.75, 3.05) is 0 Å². The molecule has 3 aromatic rings. The summed E-state index contributed by atoms with van der Waals surface area (Å²) in [5.74, 6) is 0. The molecule has 1 aromatic heterocycles. The predicted molar refractivity (Wildman–Crippen MR) is 77.6 cm³/mol. The summed E-state index contributed by atoms with van der Waals surface area (Å²) in [4.78, 5) is 8.65. The van der Waals surface area contributed by atoms with E-state index in [9.17, 15) is 5.11 Å². The number of hydrogen-bond acceptors (Lipinski definition) is 3. The molecule has 0 saturated heterocycles. The van der Waals surface area contributed by atoms with Gasteiger partial charge in [0.25, 0.3) is 0 Å². The Kier molecular flexibility index (Phi) is 3.46. The van der Waals surface area contributed by atoms with Crippen molar-refractivity contribution in [2.24, 2.45) is 0 Å². The van der Waals surface area contributed by atoms with E-state index in [0.29, 0.717) is 5.02 Å². The van der Waals surface area contributed by atoms with E-state index in [4.69, 9.17) is 11.6 Å². The van der Waals surface area contributed by atoms with E-state index >= 15 is 0 Å². The second kappa shape index (κ2) is 5.25. The number of halogens is 1. The summed E-state index contributed by atoms with van der Waals surface area (Å²) in [6.45, 7) is -0.0142. The minimum atomic E-state index is -0.0142. The molecule has 0 aliphatic heterocycles. The van der Waals surface area contributed by atoms with Crippen LogP contribution in [0.3, 0.4) is 0 Å². The summed E-state index contributed by atoms with van der Waals surface area (Å²) in [6.07, 6.45) is 0. The van der Waals surface area contributed by atoms with Crippen LogP contribution in [0, 0.1) is 0 Å². The predicted octanol–water partition coefficient (Wildman–Crippen LogP) is 3.86. The molecule has 0 aliphatic rings. The van der Waals surface area contributed by atoms with Gasteiger partial charge >= 0.3 is 0 Å². The molecule has 1 heterocycles. The molecule has 19 heavy (non-hydrogen) atoms. The van der Waals surface area contributed by atoms with Gasteiger partial charge in [-0.2, -0.15) is 0 Å². The summed E-state index contributed by atoms with van der Waals surface area (Å²) in [7, 11) is 0. The van der Waals surface area contributed by atoms with Gasteiger partial charge < -0.3 is 10.1 Å². The number of nitrogens with one attached hydrogen (secondary N) is 1. The van der Waals surface area contributed by atoms with Crippen molar-refractivity contribution in [3.63, 3.8) is 0 Å². The average Bonchev–Trinajstić information content (AvgIpc) is 2.81. The van der Waals surface area contributed by atoms with Crippen molar-refractivity contribution in [1.29, 1.82) is 0 Å². The molecule has 0 spiro atoms. The van der Waals surface area contributed by atoms with Crippen molar-refractivity contribution < 1.29 is 5.11 Å². The Hall–Kier alpha value is -1.49. The SMILES string of the molecule is OCc1ccc(Cl)cc1Sc1nc2ccccc2[nH]1. The molecule has 0 amide bonds. The van der Waals surface area contributed by atoms with Gasteiger partial charge in [0.2, 0.25) is 0 Å². The Balaban J connectivity index is 1.98. The Morgan fingerprint density at radius 3 is 2.84 bits per heavy atom. The Bertz CT molecular complexity index is 693. The van der Waals surface area contributed by atoms with Gasteiger partial charge in [-0.3, -0.25) is 0 Å². The molecular weight excluding hydrogens is 280 g/mol. The van der Waals surface area contributed by atoms with Crippen molar-refractivity contribution in [3.8, 4) is 0 Å². The molecule has 5 heteroatoms. The van der Waals surface area contributed by atoms with Gasteiger partial charge in [0.15, 0.2) is 5.16 Å². The molecule has 0 unspecified atom stereocenters. The third kappa shape index (κ3) is 2.61. The number of fused-ring (bicyclic) bond motifs is 1. The number of rotatable bonds is 3. The van der Waals surface area contributed by atoms with E-state index in [1.165, 1.54) is 11.8 Å². The zero-order valence-electron chi connectivity index (χ0n) is 9.93. The normalized spacial score (nSPS) is 11.1. The van der Waals surface area contributed by atoms with E-state index in [0.717, 1.165) is 26.6 Å². The molecular formula is C14H11ClN2OS. The summed E-state index contributed by atoms with van der Waals surface area (Å²) in [6, 6.07) is 13.3. The first kappa shape index (κ1) is 12.5. The average molecular weight is 291 g/mol. The molecule has 0 fully saturated rings. The lowest BCUT2D eigenvalue weighted by atomic mass is 10.2. The smallest absolute Gasteiger partial charge is 0.171 e. The summed E-state index contributed by atoms with van der Waals surface area (Å²) < 4.78 is 0. The number of imidazole rings is 1. The number of para-hydroxylation sites is 2. The maximum atomic E-state index is 9.34. The van der Waals surface area contributed by atoms with Crippen LogP contribution in [0.1, 0.15) is 5.56 Å². The first-order chi connectivity index (χ1) is 9.26. The lowest BCUT2D eigenvalue weighted by Crippen LogP contribution is -1.87. The highest BCUT2D eigenvalue weighted by Gasteiger charge is 2.08. The maximum Gasteiger partial charge on any atom is 0.171 e. The fraction of sp³-hybridized carbons (Fsp3) is 0.0714. The molecule has 0 radical (unpaired) electrons. The quantitative estimate of drug-likeness (QED) is 0.770.